The molecule has 0 atom stereocenters. The number of aryl methyl sites for hydroxylation is 1. The van der Waals surface area contributed by atoms with E-state index in [0.29, 0.717) is 29.6 Å². The molecule has 0 unspecified atom stereocenters. The third-order valence-corrected chi connectivity index (χ3v) is 11.0. The van der Waals surface area contributed by atoms with Crippen molar-refractivity contribution in [3.8, 4) is 5.75 Å². The number of rotatable bonds is 5. The Morgan fingerprint density at radius 3 is 2.14 bits per heavy atom. The van der Waals surface area contributed by atoms with Crippen molar-refractivity contribution in [1.82, 2.24) is 0 Å². The number of ether oxygens (including phenoxy) is 1. The molecule has 0 N–H and O–H groups in total. The van der Waals surface area contributed by atoms with Crippen LogP contribution in [0.2, 0.25) is 0 Å². The van der Waals surface area contributed by atoms with Crippen LogP contribution in [0.4, 0.5) is 0 Å². The summed E-state index contributed by atoms with van der Waals surface area (Å²) < 4.78 is 30.9. The average molecular weight is 435 g/mol. The Labute approximate surface area is 174 Å². The van der Waals surface area contributed by atoms with E-state index in [0.717, 1.165) is 17.1 Å². The molecular formula is C21H22O4S3. The first-order valence-electron chi connectivity index (χ1n) is 9.29. The van der Waals surface area contributed by atoms with E-state index in [-0.39, 0.29) is 4.90 Å². The minimum atomic E-state index is -3.80. The van der Waals surface area contributed by atoms with E-state index < -0.39 is 20.6 Å². The van der Waals surface area contributed by atoms with Crippen LogP contribution in [0.25, 0.3) is 0 Å². The van der Waals surface area contributed by atoms with Crippen molar-refractivity contribution < 1.29 is 17.9 Å². The number of hydrogen-bond acceptors (Lipinski definition) is 6. The predicted molar refractivity (Wildman–Crippen MR) is 115 cm³/mol. The summed E-state index contributed by atoms with van der Waals surface area (Å²) in [6.07, 6.45) is 1.31. The molecule has 0 radical (unpaired) electrons. The summed E-state index contributed by atoms with van der Waals surface area (Å²) in [4.78, 5) is 13.1. The van der Waals surface area contributed by atoms with Crippen LogP contribution < -0.4 is 4.74 Å². The van der Waals surface area contributed by atoms with Crippen molar-refractivity contribution in [3.05, 3.63) is 59.7 Å². The average Bonchev–Trinajstić information content (AvgIpc) is 3.16. The minimum absolute atomic E-state index is 0.181. The Balaban J connectivity index is 1.54. The molecule has 1 aliphatic heterocycles. The van der Waals surface area contributed by atoms with Crippen LogP contribution in [0.15, 0.2) is 53.4 Å². The molecule has 2 fully saturated rings. The topological polar surface area (TPSA) is 60.4 Å². The Kier molecular flexibility index (Phi) is 5.51. The molecule has 1 heterocycles. The summed E-state index contributed by atoms with van der Waals surface area (Å²) in [6.45, 7) is 1.90. The van der Waals surface area contributed by atoms with Crippen molar-refractivity contribution in [3.63, 3.8) is 0 Å². The van der Waals surface area contributed by atoms with E-state index in [9.17, 15) is 13.2 Å². The molecule has 2 aromatic carbocycles. The van der Waals surface area contributed by atoms with E-state index in [1.54, 1.807) is 36.4 Å². The number of esters is 1. The van der Waals surface area contributed by atoms with Gasteiger partial charge in [-0.3, -0.25) is 0 Å². The number of hydrogen-bond donors (Lipinski definition) is 0. The lowest BCUT2D eigenvalue weighted by molar-refractivity contribution is -0.139. The minimum Gasteiger partial charge on any atom is -0.425 e. The molecular weight excluding hydrogens is 412 g/mol. The summed E-state index contributed by atoms with van der Waals surface area (Å²) in [5.41, 5.74) is 2.17. The van der Waals surface area contributed by atoms with Crippen LogP contribution in [-0.4, -0.2) is 30.6 Å². The zero-order chi connectivity index (χ0) is 19.8. The lowest BCUT2D eigenvalue weighted by Gasteiger charge is -2.38. The fraction of sp³-hybridized carbons (Fsp3) is 0.381. The number of carbonyl (C=O) groups is 1. The third-order valence-electron chi connectivity index (χ3n) is 5.36. The number of thioether (sulfide) groups is 2. The second kappa shape index (κ2) is 7.76. The van der Waals surface area contributed by atoms with Gasteiger partial charge in [0, 0.05) is 11.5 Å². The molecule has 0 aromatic heterocycles. The molecule has 4 nitrogen and oxygen atoms in total. The summed E-state index contributed by atoms with van der Waals surface area (Å²) in [5.74, 6) is 2.01. The van der Waals surface area contributed by atoms with E-state index in [1.165, 1.54) is 5.56 Å². The highest BCUT2D eigenvalue weighted by Crippen LogP contribution is 2.46. The summed E-state index contributed by atoms with van der Waals surface area (Å²) in [6, 6.07) is 14.1. The van der Waals surface area contributed by atoms with E-state index in [4.69, 9.17) is 4.74 Å². The maximum atomic E-state index is 13.2. The van der Waals surface area contributed by atoms with Gasteiger partial charge in [-0.2, -0.15) is 0 Å². The fourth-order valence-electron chi connectivity index (χ4n) is 3.47. The van der Waals surface area contributed by atoms with E-state index in [1.807, 2.05) is 42.6 Å². The van der Waals surface area contributed by atoms with Gasteiger partial charge in [0.15, 0.2) is 14.6 Å². The Morgan fingerprint density at radius 1 is 1.00 bits per heavy atom. The molecule has 2 aliphatic rings. The van der Waals surface area contributed by atoms with Crippen LogP contribution in [0, 0.1) is 6.92 Å². The van der Waals surface area contributed by atoms with E-state index in [2.05, 4.69) is 0 Å². The molecule has 7 heteroatoms. The third kappa shape index (κ3) is 3.48. The maximum Gasteiger partial charge on any atom is 0.333 e. The van der Waals surface area contributed by atoms with Crippen molar-refractivity contribution in [1.29, 1.82) is 0 Å². The van der Waals surface area contributed by atoms with Gasteiger partial charge in [0.2, 0.25) is 0 Å². The maximum absolute atomic E-state index is 13.2. The van der Waals surface area contributed by atoms with Gasteiger partial charge in [-0.1, -0.05) is 29.8 Å². The molecule has 28 heavy (non-hydrogen) atoms. The first kappa shape index (κ1) is 19.9. The summed E-state index contributed by atoms with van der Waals surface area (Å²) in [5, 5.41) is 0. The predicted octanol–water partition coefficient (Wildman–Crippen LogP) is 4.78. The number of carbonyl (C=O) groups excluding carboxylic acids is 1. The van der Waals surface area contributed by atoms with Gasteiger partial charge in [0.1, 0.15) is 5.75 Å². The Morgan fingerprint density at radius 2 is 1.61 bits per heavy atom. The molecule has 0 amide bonds. The van der Waals surface area contributed by atoms with Gasteiger partial charge in [0.25, 0.3) is 0 Å². The Hall–Kier alpha value is -1.44. The number of sulfone groups is 1. The van der Waals surface area contributed by atoms with Gasteiger partial charge in [-0.15, -0.1) is 23.5 Å². The molecule has 1 saturated carbocycles. The fourth-order valence-corrected chi connectivity index (χ4v) is 8.36. The van der Waals surface area contributed by atoms with Crippen LogP contribution in [0.5, 0.6) is 5.75 Å². The van der Waals surface area contributed by atoms with Crippen molar-refractivity contribution in [2.24, 2.45) is 0 Å². The van der Waals surface area contributed by atoms with Gasteiger partial charge in [0.05, 0.1) is 9.48 Å². The second-order valence-electron chi connectivity index (χ2n) is 7.20. The van der Waals surface area contributed by atoms with Crippen LogP contribution in [0.3, 0.4) is 0 Å². The quantitative estimate of drug-likeness (QED) is 0.499. The van der Waals surface area contributed by atoms with Gasteiger partial charge >= 0.3 is 5.97 Å². The standard InChI is InChI=1S/C21H22O4S3/c1-15-3-9-18(10-4-15)28(23,24)21(11-2-12-21)20(22)25-17-7-5-16(6-8-17)19-26-13-14-27-19/h3-10,19H,2,11-14H2,1H3. The van der Waals surface area contributed by atoms with Gasteiger partial charge in [-0.05, 0) is 56.0 Å². The first-order chi connectivity index (χ1) is 13.4. The lowest BCUT2D eigenvalue weighted by Crippen LogP contribution is -2.54. The summed E-state index contributed by atoms with van der Waals surface area (Å²) in [7, 11) is -3.80. The normalized spacial score (nSPS) is 19.2. The van der Waals surface area contributed by atoms with Gasteiger partial charge < -0.3 is 4.74 Å². The molecule has 0 bridgehead atoms. The van der Waals surface area contributed by atoms with Crippen molar-refractivity contribution in [2.75, 3.05) is 11.5 Å². The van der Waals surface area contributed by atoms with E-state index >= 15 is 0 Å². The monoisotopic (exact) mass is 434 g/mol. The van der Waals surface area contributed by atoms with Crippen LogP contribution in [0.1, 0.15) is 35.0 Å². The lowest BCUT2D eigenvalue weighted by atomic mass is 9.84. The smallest absolute Gasteiger partial charge is 0.333 e. The summed E-state index contributed by atoms with van der Waals surface area (Å²) >= 11 is 3.82. The molecule has 1 aliphatic carbocycles. The SMILES string of the molecule is Cc1ccc(S(=O)(=O)C2(C(=O)Oc3ccc(C4SCCS4)cc3)CCC2)cc1. The second-order valence-corrected chi connectivity index (χ2v) is 12.2. The first-order valence-corrected chi connectivity index (χ1v) is 12.9. The molecule has 148 valence electrons. The zero-order valence-corrected chi connectivity index (χ0v) is 18.0. The highest BCUT2D eigenvalue weighted by molar-refractivity contribution is 8.19. The highest BCUT2D eigenvalue weighted by Gasteiger charge is 2.57. The van der Waals surface area contributed by atoms with Crippen molar-refractivity contribution >= 4 is 39.3 Å². The largest absolute Gasteiger partial charge is 0.425 e. The number of benzene rings is 2. The molecule has 0 spiro atoms. The van der Waals surface area contributed by atoms with Crippen LogP contribution in [-0.2, 0) is 14.6 Å². The molecule has 2 aromatic rings. The van der Waals surface area contributed by atoms with Gasteiger partial charge in [-0.25, -0.2) is 13.2 Å². The molecule has 1 saturated heterocycles. The highest BCUT2D eigenvalue weighted by atomic mass is 32.2. The van der Waals surface area contributed by atoms with Crippen LogP contribution >= 0.6 is 23.5 Å². The van der Waals surface area contributed by atoms with Crippen molar-refractivity contribution in [2.45, 2.75) is 40.4 Å². The molecule has 4 rings (SSSR count). The Bertz CT molecular complexity index is 956. The zero-order valence-electron chi connectivity index (χ0n) is 15.6.